The van der Waals surface area contributed by atoms with Crippen molar-refractivity contribution in [3.8, 4) is 0 Å². The zero-order valence-corrected chi connectivity index (χ0v) is 10.8. The maximum Gasteiger partial charge on any atom is 0.326 e. The molecule has 0 aliphatic rings. The third kappa shape index (κ3) is 3.74. The van der Waals surface area contributed by atoms with E-state index in [0.717, 1.165) is 12.1 Å². The van der Waals surface area contributed by atoms with E-state index in [2.05, 4.69) is 5.32 Å². The van der Waals surface area contributed by atoms with Crippen molar-refractivity contribution in [1.29, 1.82) is 0 Å². The van der Waals surface area contributed by atoms with Gasteiger partial charge in [-0.2, -0.15) is 0 Å². The van der Waals surface area contributed by atoms with Gasteiger partial charge in [0.1, 0.15) is 17.7 Å². The van der Waals surface area contributed by atoms with Gasteiger partial charge in [-0.25, -0.2) is 13.6 Å². The van der Waals surface area contributed by atoms with Crippen LogP contribution in [0.4, 0.5) is 8.78 Å². The van der Waals surface area contributed by atoms with Gasteiger partial charge >= 0.3 is 5.97 Å². The first kappa shape index (κ1) is 15.1. The fourth-order valence-electron chi connectivity index (χ4n) is 1.53. The molecule has 0 bridgehead atoms. The van der Waals surface area contributed by atoms with Crippen molar-refractivity contribution in [3.63, 3.8) is 0 Å². The molecule has 1 aromatic rings. The maximum atomic E-state index is 13.4. The van der Waals surface area contributed by atoms with Gasteiger partial charge in [-0.3, -0.25) is 4.79 Å². The van der Waals surface area contributed by atoms with Gasteiger partial charge < -0.3 is 10.4 Å². The molecule has 6 heteroatoms. The number of carboxylic acid groups (broad SMARTS) is 1. The number of hydrogen-bond acceptors (Lipinski definition) is 2. The third-order valence-electron chi connectivity index (χ3n) is 2.56. The Morgan fingerprint density at radius 1 is 1.26 bits per heavy atom. The smallest absolute Gasteiger partial charge is 0.326 e. The highest BCUT2D eigenvalue weighted by molar-refractivity contribution is 5.97. The number of hydrogen-bond donors (Lipinski definition) is 2. The summed E-state index contributed by atoms with van der Waals surface area (Å²) in [6, 6.07) is 1.30. The second kappa shape index (κ2) is 5.34. The fourth-order valence-corrected chi connectivity index (χ4v) is 1.53. The number of carboxylic acids is 1. The number of rotatable bonds is 3. The lowest BCUT2D eigenvalue weighted by atomic mass is 9.86. The number of nitrogens with one attached hydrogen (secondary N) is 1. The number of benzene rings is 1. The predicted molar refractivity (Wildman–Crippen MR) is 64.7 cm³/mol. The van der Waals surface area contributed by atoms with Gasteiger partial charge in [-0.1, -0.05) is 20.8 Å². The summed E-state index contributed by atoms with van der Waals surface area (Å²) in [4.78, 5) is 22.9. The van der Waals surface area contributed by atoms with Crippen LogP contribution in [0.25, 0.3) is 0 Å². The Morgan fingerprint density at radius 2 is 1.84 bits per heavy atom. The Hall–Kier alpha value is -1.98. The molecule has 1 amide bonds. The van der Waals surface area contributed by atoms with Crippen molar-refractivity contribution in [2.75, 3.05) is 0 Å². The van der Waals surface area contributed by atoms with Crippen LogP contribution in [-0.2, 0) is 4.79 Å². The highest BCUT2D eigenvalue weighted by Gasteiger charge is 2.33. The molecule has 1 aromatic carbocycles. The molecular weight excluding hydrogens is 256 g/mol. The molecule has 0 aliphatic heterocycles. The minimum atomic E-state index is -1.22. The fraction of sp³-hybridized carbons (Fsp3) is 0.385. The van der Waals surface area contributed by atoms with E-state index in [9.17, 15) is 18.4 Å². The molecule has 4 nitrogen and oxygen atoms in total. The first-order chi connectivity index (χ1) is 8.62. The molecule has 1 atom stereocenters. The minimum absolute atomic E-state index is 0.392. The molecule has 0 heterocycles. The summed E-state index contributed by atoms with van der Waals surface area (Å²) < 4.78 is 26.1. The number of carbonyl (C=O) groups is 2. The van der Waals surface area contributed by atoms with Gasteiger partial charge in [0.25, 0.3) is 5.91 Å². The van der Waals surface area contributed by atoms with Crippen LogP contribution in [-0.4, -0.2) is 23.0 Å². The van der Waals surface area contributed by atoms with Crippen molar-refractivity contribution in [2.45, 2.75) is 26.8 Å². The maximum absolute atomic E-state index is 13.4. The Balaban J connectivity index is 2.98. The summed E-state index contributed by atoms with van der Waals surface area (Å²) in [5, 5.41) is 11.3. The highest BCUT2D eigenvalue weighted by atomic mass is 19.1. The molecule has 2 N–H and O–H groups in total. The quantitative estimate of drug-likeness (QED) is 0.885. The second-order valence-electron chi connectivity index (χ2n) is 5.23. The molecule has 0 fully saturated rings. The summed E-state index contributed by atoms with van der Waals surface area (Å²) in [5.41, 5.74) is -1.13. The van der Waals surface area contributed by atoms with E-state index in [4.69, 9.17) is 5.11 Å². The van der Waals surface area contributed by atoms with Crippen LogP contribution in [0.3, 0.4) is 0 Å². The average molecular weight is 271 g/mol. The van der Waals surface area contributed by atoms with Gasteiger partial charge in [0.2, 0.25) is 0 Å². The highest BCUT2D eigenvalue weighted by Crippen LogP contribution is 2.20. The molecule has 0 unspecified atom stereocenters. The van der Waals surface area contributed by atoms with Gasteiger partial charge in [0, 0.05) is 6.07 Å². The van der Waals surface area contributed by atoms with E-state index in [1.54, 1.807) is 20.8 Å². The van der Waals surface area contributed by atoms with Gasteiger partial charge in [-0.15, -0.1) is 0 Å². The number of amides is 1. The molecule has 0 saturated carbocycles. The molecule has 104 valence electrons. The summed E-state index contributed by atoms with van der Waals surface area (Å²) in [6.45, 7) is 4.90. The Kier molecular flexibility index (Phi) is 4.24. The van der Waals surface area contributed by atoms with E-state index in [0.29, 0.717) is 6.07 Å². The first-order valence-corrected chi connectivity index (χ1v) is 5.61. The first-order valence-electron chi connectivity index (χ1n) is 5.61. The lowest BCUT2D eigenvalue weighted by molar-refractivity contribution is -0.142. The van der Waals surface area contributed by atoms with Crippen LogP contribution in [0.15, 0.2) is 18.2 Å². The van der Waals surface area contributed by atoms with Gasteiger partial charge in [-0.05, 0) is 17.5 Å². The van der Waals surface area contributed by atoms with Gasteiger partial charge in [0.15, 0.2) is 0 Å². The summed E-state index contributed by atoms with van der Waals surface area (Å²) in [5.74, 6) is -3.95. The largest absolute Gasteiger partial charge is 0.480 e. The second-order valence-corrected chi connectivity index (χ2v) is 5.23. The van der Waals surface area contributed by atoms with Crippen LogP contribution in [0.1, 0.15) is 31.1 Å². The molecular formula is C13H15F2NO3. The lowest BCUT2D eigenvalue weighted by Crippen LogP contribution is -2.49. The molecule has 0 saturated heterocycles. The molecule has 0 radical (unpaired) electrons. The van der Waals surface area contributed by atoms with Crippen molar-refractivity contribution in [3.05, 3.63) is 35.4 Å². The SMILES string of the molecule is CC(C)(C)[C@H](NC(=O)c1ccc(F)cc1F)C(=O)O. The average Bonchev–Trinajstić information content (AvgIpc) is 2.23. The van der Waals surface area contributed by atoms with Crippen LogP contribution >= 0.6 is 0 Å². The monoisotopic (exact) mass is 271 g/mol. The Morgan fingerprint density at radius 3 is 2.26 bits per heavy atom. The van der Waals surface area contributed by atoms with Crippen molar-refractivity contribution < 1.29 is 23.5 Å². The molecule has 1 rings (SSSR count). The van der Waals surface area contributed by atoms with E-state index in [1.165, 1.54) is 0 Å². The lowest BCUT2D eigenvalue weighted by Gasteiger charge is -2.27. The third-order valence-corrected chi connectivity index (χ3v) is 2.56. The van der Waals surface area contributed by atoms with Crippen molar-refractivity contribution in [1.82, 2.24) is 5.32 Å². The Labute approximate surface area is 109 Å². The normalized spacial score (nSPS) is 12.9. The number of halogens is 2. The van der Waals surface area contributed by atoms with Crippen LogP contribution in [0, 0.1) is 17.0 Å². The topological polar surface area (TPSA) is 66.4 Å². The van der Waals surface area contributed by atoms with Crippen molar-refractivity contribution >= 4 is 11.9 Å². The molecule has 0 spiro atoms. The van der Waals surface area contributed by atoms with Crippen LogP contribution in [0.5, 0.6) is 0 Å². The summed E-state index contributed by atoms with van der Waals surface area (Å²) >= 11 is 0. The number of aliphatic carboxylic acids is 1. The zero-order chi connectivity index (χ0) is 14.8. The summed E-state index contributed by atoms with van der Waals surface area (Å²) in [7, 11) is 0. The van der Waals surface area contributed by atoms with Crippen molar-refractivity contribution in [2.24, 2.45) is 5.41 Å². The molecule has 0 aliphatic carbocycles. The Bertz CT molecular complexity index is 509. The van der Waals surface area contributed by atoms with E-state index >= 15 is 0 Å². The van der Waals surface area contributed by atoms with E-state index < -0.39 is 40.5 Å². The predicted octanol–water partition coefficient (Wildman–Crippen LogP) is 2.19. The minimum Gasteiger partial charge on any atom is -0.480 e. The van der Waals surface area contributed by atoms with E-state index in [-0.39, 0.29) is 0 Å². The molecule has 19 heavy (non-hydrogen) atoms. The van der Waals surface area contributed by atoms with E-state index in [1.807, 2.05) is 0 Å². The number of carbonyl (C=O) groups excluding carboxylic acids is 1. The van der Waals surface area contributed by atoms with Gasteiger partial charge in [0.05, 0.1) is 5.56 Å². The summed E-state index contributed by atoms with van der Waals surface area (Å²) in [6.07, 6.45) is 0. The standard InChI is InChI=1S/C13H15F2NO3/c1-13(2,3)10(12(18)19)16-11(17)8-5-4-7(14)6-9(8)15/h4-6,10H,1-3H3,(H,16,17)(H,18,19)/t10-/m1/s1. The zero-order valence-electron chi connectivity index (χ0n) is 10.8. The van der Waals surface area contributed by atoms with Crippen LogP contribution < -0.4 is 5.32 Å². The van der Waals surface area contributed by atoms with Crippen LogP contribution in [0.2, 0.25) is 0 Å². The molecule has 0 aromatic heterocycles.